The van der Waals surface area contributed by atoms with Gasteiger partial charge in [0.25, 0.3) is 0 Å². The highest BCUT2D eigenvalue weighted by atomic mass is 32.1. The van der Waals surface area contributed by atoms with Crippen LogP contribution >= 0.6 is 11.3 Å². The lowest BCUT2D eigenvalue weighted by Crippen LogP contribution is -2.43. The number of nitrogens with zero attached hydrogens (tertiary/aromatic N) is 1. The second-order valence-electron chi connectivity index (χ2n) is 6.85. The number of hydrogen-bond acceptors (Lipinski definition) is 3. The van der Waals surface area contributed by atoms with E-state index in [1.807, 2.05) is 10.1 Å². The summed E-state index contributed by atoms with van der Waals surface area (Å²) in [5.74, 6) is 1.66. The third-order valence-corrected chi connectivity index (χ3v) is 5.85. The largest absolute Gasteiger partial charge is 0.457 e. The smallest absolute Gasteiger partial charge is 0.373 e. The third kappa shape index (κ3) is 4.06. The lowest BCUT2D eigenvalue weighted by atomic mass is 9.75. The number of aryl methyl sites for hydroxylation is 1. The molecule has 1 heterocycles. The van der Waals surface area contributed by atoms with Gasteiger partial charge in [-0.1, -0.05) is 38.5 Å². The fourth-order valence-corrected chi connectivity index (χ4v) is 4.07. The predicted octanol–water partition coefficient (Wildman–Crippen LogP) is 3.66. The van der Waals surface area contributed by atoms with Crippen molar-refractivity contribution in [1.82, 2.24) is 0 Å². The van der Waals surface area contributed by atoms with Crippen LogP contribution in [0.3, 0.4) is 0 Å². The van der Waals surface area contributed by atoms with Gasteiger partial charge in [-0.05, 0) is 37.5 Å². The van der Waals surface area contributed by atoms with E-state index in [9.17, 15) is 4.79 Å². The molecule has 1 aromatic rings. The van der Waals surface area contributed by atoms with Crippen molar-refractivity contribution in [3.05, 3.63) is 16.1 Å². The van der Waals surface area contributed by atoms with Gasteiger partial charge in [-0.3, -0.25) is 0 Å². The van der Waals surface area contributed by atoms with Crippen LogP contribution in [-0.4, -0.2) is 12.1 Å². The second kappa shape index (κ2) is 6.91. The zero-order valence-corrected chi connectivity index (χ0v) is 14.7. The number of carbonyl (C=O) groups excluding carboxylic acids is 1. The predicted molar refractivity (Wildman–Crippen MR) is 85.2 cm³/mol. The van der Waals surface area contributed by atoms with Crippen molar-refractivity contribution in [2.75, 3.05) is 0 Å². The van der Waals surface area contributed by atoms with E-state index in [2.05, 4.69) is 34.6 Å². The van der Waals surface area contributed by atoms with Crippen LogP contribution in [0.1, 0.15) is 50.6 Å². The Kier molecular flexibility index (Phi) is 5.42. The molecule has 4 heteroatoms. The van der Waals surface area contributed by atoms with Gasteiger partial charge in [0.05, 0.1) is 4.88 Å². The SMILES string of the molecule is Cc1sc[n+](CC(=O)O[C@@H]2C[C@H](C)CC[C@H]2C(C)C)c1C. The van der Waals surface area contributed by atoms with Gasteiger partial charge in [-0.15, -0.1) is 0 Å². The summed E-state index contributed by atoms with van der Waals surface area (Å²) in [5.41, 5.74) is 3.17. The van der Waals surface area contributed by atoms with Crippen molar-refractivity contribution < 1.29 is 14.1 Å². The molecule has 1 fully saturated rings. The fraction of sp³-hybridized carbons (Fsp3) is 0.765. The van der Waals surface area contributed by atoms with Crippen molar-refractivity contribution >= 4 is 17.3 Å². The summed E-state index contributed by atoms with van der Waals surface area (Å²) in [6.45, 7) is 11.2. The molecule has 0 unspecified atom stereocenters. The molecule has 0 bridgehead atoms. The Balaban J connectivity index is 1.98. The number of rotatable bonds is 4. The first-order valence-corrected chi connectivity index (χ1v) is 8.90. The summed E-state index contributed by atoms with van der Waals surface area (Å²) < 4.78 is 7.85. The Bertz CT molecular complexity index is 495. The minimum absolute atomic E-state index is 0.0920. The molecule has 2 rings (SSSR count). The minimum atomic E-state index is -0.0920. The van der Waals surface area contributed by atoms with E-state index in [0.717, 1.165) is 12.1 Å². The minimum Gasteiger partial charge on any atom is -0.457 e. The molecular weight excluding hydrogens is 282 g/mol. The Morgan fingerprint density at radius 3 is 2.71 bits per heavy atom. The highest BCUT2D eigenvalue weighted by Gasteiger charge is 2.34. The van der Waals surface area contributed by atoms with Crippen LogP contribution in [0.5, 0.6) is 0 Å². The van der Waals surface area contributed by atoms with Gasteiger partial charge in [0.1, 0.15) is 6.10 Å². The number of hydrogen-bond donors (Lipinski definition) is 0. The van der Waals surface area contributed by atoms with Gasteiger partial charge in [0, 0.05) is 6.92 Å². The molecule has 0 amide bonds. The van der Waals surface area contributed by atoms with Crippen molar-refractivity contribution in [2.45, 2.75) is 66.5 Å². The molecule has 1 aliphatic rings. The van der Waals surface area contributed by atoms with Crippen LogP contribution in [0.15, 0.2) is 5.51 Å². The quantitative estimate of drug-likeness (QED) is 0.627. The molecule has 0 radical (unpaired) electrons. The maximum atomic E-state index is 12.3. The monoisotopic (exact) mass is 310 g/mol. The number of carbonyl (C=O) groups is 1. The first-order valence-electron chi connectivity index (χ1n) is 8.02. The van der Waals surface area contributed by atoms with Crippen molar-refractivity contribution in [3.8, 4) is 0 Å². The van der Waals surface area contributed by atoms with Crippen molar-refractivity contribution in [2.24, 2.45) is 17.8 Å². The number of esters is 1. The highest BCUT2D eigenvalue weighted by Crippen LogP contribution is 2.35. The third-order valence-electron chi connectivity index (χ3n) is 4.84. The van der Waals surface area contributed by atoms with E-state index in [0.29, 0.717) is 24.3 Å². The van der Waals surface area contributed by atoms with Crippen molar-refractivity contribution in [3.63, 3.8) is 0 Å². The molecule has 1 aromatic heterocycles. The number of ether oxygens (including phenoxy) is 1. The van der Waals surface area contributed by atoms with Crippen molar-refractivity contribution in [1.29, 1.82) is 0 Å². The molecule has 0 spiro atoms. The van der Waals surface area contributed by atoms with E-state index in [-0.39, 0.29) is 12.1 Å². The van der Waals surface area contributed by atoms with Gasteiger partial charge < -0.3 is 4.74 Å². The molecular formula is C17H28NO2S+. The zero-order valence-electron chi connectivity index (χ0n) is 13.9. The van der Waals surface area contributed by atoms with E-state index >= 15 is 0 Å². The highest BCUT2D eigenvalue weighted by molar-refractivity contribution is 7.09. The Morgan fingerprint density at radius 2 is 2.14 bits per heavy atom. The standard InChI is InChI=1S/C17H28NO2S/c1-11(2)15-7-6-12(3)8-16(15)20-17(19)9-18-10-21-14(5)13(18)4/h10-12,15-16H,6-9H2,1-5H3/q+1/t12-,15+,16-/m1/s1. The van der Waals surface area contributed by atoms with Crippen LogP contribution in [0.4, 0.5) is 0 Å². The molecule has 118 valence electrons. The second-order valence-corrected chi connectivity index (χ2v) is 7.91. The molecule has 3 atom stereocenters. The maximum Gasteiger partial charge on any atom is 0.373 e. The number of aromatic nitrogens is 1. The fourth-order valence-electron chi connectivity index (χ4n) is 3.26. The molecule has 0 N–H and O–H groups in total. The van der Waals surface area contributed by atoms with Crippen LogP contribution < -0.4 is 4.57 Å². The van der Waals surface area contributed by atoms with E-state index in [1.54, 1.807) is 11.3 Å². The maximum absolute atomic E-state index is 12.3. The molecule has 1 aliphatic carbocycles. The van der Waals surface area contributed by atoms with Gasteiger partial charge in [-0.25, -0.2) is 4.79 Å². The Morgan fingerprint density at radius 1 is 1.43 bits per heavy atom. The summed E-state index contributed by atoms with van der Waals surface area (Å²) in [5, 5.41) is 0. The van der Waals surface area contributed by atoms with Crippen LogP contribution in [0.25, 0.3) is 0 Å². The summed E-state index contributed by atoms with van der Waals surface area (Å²) in [4.78, 5) is 13.5. The number of thiazole rings is 1. The van der Waals surface area contributed by atoms with Crippen LogP contribution in [-0.2, 0) is 16.1 Å². The molecule has 0 aliphatic heterocycles. The van der Waals surface area contributed by atoms with Gasteiger partial charge in [0.15, 0.2) is 5.69 Å². The molecule has 0 saturated heterocycles. The van der Waals surface area contributed by atoms with Gasteiger partial charge in [0.2, 0.25) is 12.1 Å². The first-order chi connectivity index (χ1) is 9.88. The topological polar surface area (TPSA) is 30.2 Å². The van der Waals surface area contributed by atoms with Gasteiger partial charge in [-0.2, -0.15) is 4.57 Å². The molecule has 0 aromatic carbocycles. The zero-order chi connectivity index (χ0) is 15.6. The molecule has 1 saturated carbocycles. The van der Waals surface area contributed by atoms with E-state index in [4.69, 9.17) is 4.74 Å². The van der Waals surface area contributed by atoms with E-state index in [1.165, 1.54) is 17.7 Å². The Hall–Kier alpha value is -0.900. The molecule has 21 heavy (non-hydrogen) atoms. The normalized spacial score (nSPS) is 26.1. The summed E-state index contributed by atoms with van der Waals surface area (Å²) in [6, 6.07) is 0. The lowest BCUT2D eigenvalue weighted by molar-refractivity contribution is -0.687. The van der Waals surface area contributed by atoms with Crippen LogP contribution in [0, 0.1) is 31.6 Å². The van der Waals surface area contributed by atoms with E-state index < -0.39 is 0 Å². The van der Waals surface area contributed by atoms with Gasteiger partial charge >= 0.3 is 5.97 Å². The summed E-state index contributed by atoms with van der Waals surface area (Å²) >= 11 is 1.68. The lowest BCUT2D eigenvalue weighted by Gasteiger charge is -2.36. The molecule has 3 nitrogen and oxygen atoms in total. The van der Waals surface area contributed by atoms with Crippen LogP contribution in [0.2, 0.25) is 0 Å². The summed E-state index contributed by atoms with van der Waals surface area (Å²) in [6.07, 6.45) is 3.55. The average molecular weight is 310 g/mol. The average Bonchev–Trinajstić information content (AvgIpc) is 2.70. The first kappa shape index (κ1) is 16.5. The summed E-state index contributed by atoms with van der Waals surface area (Å²) in [7, 11) is 0. The Labute approximate surface area is 132 Å².